The lowest BCUT2D eigenvalue weighted by Crippen LogP contribution is -2.35. The molecule has 0 spiro atoms. The Balaban J connectivity index is 0.00000240. The minimum atomic E-state index is -4.36. The molecule has 0 N–H and O–H groups in total. The highest BCUT2D eigenvalue weighted by molar-refractivity contribution is 5.85. The molecule has 2 heterocycles. The van der Waals surface area contributed by atoms with E-state index in [-0.39, 0.29) is 29.8 Å². The van der Waals surface area contributed by atoms with Crippen molar-refractivity contribution in [2.45, 2.75) is 38.0 Å². The topological polar surface area (TPSA) is 21.1 Å². The molecule has 156 valence electrons. The van der Waals surface area contributed by atoms with Gasteiger partial charge in [0, 0.05) is 31.7 Å². The summed E-state index contributed by atoms with van der Waals surface area (Å²) >= 11 is 0. The highest BCUT2D eigenvalue weighted by Gasteiger charge is 2.33. The third kappa shape index (κ3) is 5.08. The SMILES string of the molecule is Cl.Fc1ccc2c(c1)nc(CC(F)(F)F)n2C1CCN(Cc2ccccc2)CC1. The number of benzene rings is 2. The molecule has 0 radical (unpaired) electrons. The molecule has 0 unspecified atom stereocenters. The summed E-state index contributed by atoms with van der Waals surface area (Å²) in [6.07, 6.45) is -3.99. The van der Waals surface area contributed by atoms with Crippen molar-refractivity contribution in [3.8, 4) is 0 Å². The molecule has 1 fully saturated rings. The summed E-state index contributed by atoms with van der Waals surface area (Å²) in [5.74, 6) is -0.525. The lowest BCUT2D eigenvalue weighted by Gasteiger charge is -2.33. The first kappa shape index (κ1) is 21.6. The number of fused-ring (bicyclic) bond motifs is 1. The van der Waals surface area contributed by atoms with Crippen molar-refractivity contribution >= 4 is 23.4 Å². The smallest absolute Gasteiger partial charge is 0.324 e. The molecule has 3 aromatic rings. The van der Waals surface area contributed by atoms with Crippen LogP contribution in [0.2, 0.25) is 0 Å². The number of imidazole rings is 1. The van der Waals surface area contributed by atoms with Gasteiger partial charge in [-0.05, 0) is 30.5 Å². The van der Waals surface area contributed by atoms with Gasteiger partial charge in [0.2, 0.25) is 0 Å². The minimum Gasteiger partial charge on any atom is -0.324 e. The number of rotatable bonds is 4. The second-order valence-corrected chi connectivity index (χ2v) is 7.32. The van der Waals surface area contributed by atoms with Crippen LogP contribution in [0.5, 0.6) is 0 Å². The molecule has 1 aromatic heterocycles. The number of hydrogen-bond donors (Lipinski definition) is 0. The van der Waals surface area contributed by atoms with Gasteiger partial charge in [0.1, 0.15) is 18.1 Å². The van der Waals surface area contributed by atoms with Crippen molar-refractivity contribution in [1.82, 2.24) is 14.5 Å². The Morgan fingerprint density at radius 1 is 1.00 bits per heavy atom. The Labute approximate surface area is 172 Å². The molecule has 8 heteroatoms. The number of alkyl halides is 3. The molecule has 3 nitrogen and oxygen atoms in total. The number of halogens is 5. The molecule has 2 aromatic carbocycles. The summed E-state index contributed by atoms with van der Waals surface area (Å²) < 4.78 is 54.4. The van der Waals surface area contributed by atoms with Crippen LogP contribution < -0.4 is 0 Å². The fraction of sp³-hybridized carbons (Fsp3) is 0.381. The van der Waals surface area contributed by atoms with Gasteiger partial charge in [-0.3, -0.25) is 4.90 Å². The van der Waals surface area contributed by atoms with Gasteiger partial charge >= 0.3 is 6.18 Å². The molecule has 0 bridgehead atoms. The fourth-order valence-corrected chi connectivity index (χ4v) is 4.01. The van der Waals surface area contributed by atoms with Crippen LogP contribution in [0.1, 0.15) is 30.3 Å². The molecule has 1 saturated heterocycles. The van der Waals surface area contributed by atoms with Crippen LogP contribution >= 0.6 is 12.4 Å². The zero-order chi connectivity index (χ0) is 19.7. The summed E-state index contributed by atoms with van der Waals surface area (Å²) in [5.41, 5.74) is 2.08. The summed E-state index contributed by atoms with van der Waals surface area (Å²) in [6.45, 7) is 2.43. The second kappa shape index (κ2) is 8.71. The maximum Gasteiger partial charge on any atom is 0.396 e. The van der Waals surface area contributed by atoms with Crippen LogP contribution in [-0.2, 0) is 13.0 Å². The van der Waals surface area contributed by atoms with E-state index in [4.69, 9.17) is 0 Å². The zero-order valence-corrected chi connectivity index (χ0v) is 16.5. The standard InChI is InChI=1S/C21H21F4N3.ClH/c22-16-6-7-19-18(12-16)26-20(13-21(23,24)25)28(19)17-8-10-27(11-9-17)14-15-4-2-1-3-5-15;/h1-7,12,17H,8-11,13-14H2;1H. The highest BCUT2D eigenvalue weighted by Crippen LogP contribution is 2.32. The number of hydrogen-bond acceptors (Lipinski definition) is 2. The minimum absolute atomic E-state index is 0. The van der Waals surface area contributed by atoms with Gasteiger partial charge in [0.15, 0.2) is 0 Å². The number of likely N-dealkylation sites (tertiary alicyclic amines) is 1. The largest absolute Gasteiger partial charge is 0.396 e. The number of nitrogens with zero attached hydrogens (tertiary/aromatic N) is 3. The lowest BCUT2D eigenvalue weighted by molar-refractivity contribution is -0.129. The highest BCUT2D eigenvalue weighted by atomic mass is 35.5. The Morgan fingerprint density at radius 2 is 1.69 bits per heavy atom. The van der Waals surface area contributed by atoms with E-state index in [1.807, 2.05) is 18.2 Å². The van der Waals surface area contributed by atoms with Gasteiger partial charge in [-0.1, -0.05) is 30.3 Å². The van der Waals surface area contributed by atoms with E-state index in [2.05, 4.69) is 22.0 Å². The molecule has 0 atom stereocenters. The van der Waals surface area contributed by atoms with E-state index in [9.17, 15) is 17.6 Å². The van der Waals surface area contributed by atoms with E-state index < -0.39 is 18.4 Å². The molecule has 0 saturated carbocycles. The van der Waals surface area contributed by atoms with E-state index in [1.165, 1.54) is 23.8 Å². The van der Waals surface area contributed by atoms with Gasteiger partial charge in [0.25, 0.3) is 0 Å². The Hall–Kier alpha value is -2.12. The van der Waals surface area contributed by atoms with Gasteiger partial charge in [-0.25, -0.2) is 9.37 Å². The molecule has 0 amide bonds. The molecule has 29 heavy (non-hydrogen) atoms. The first-order valence-corrected chi connectivity index (χ1v) is 9.38. The van der Waals surface area contributed by atoms with Crippen LogP contribution in [0.3, 0.4) is 0 Å². The third-order valence-electron chi connectivity index (χ3n) is 5.25. The predicted molar refractivity (Wildman–Crippen MR) is 107 cm³/mol. The monoisotopic (exact) mass is 427 g/mol. The van der Waals surface area contributed by atoms with Gasteiger partial charge in [-0.2, -0.15) is 13.2 Å². The molecular weight excluding hydrogens is 406 g/mol. The molecule has 0 aliphatic carbocycles. The van der Waals surface area contributed by atoms with Crippen LogP contribution in [0.25, 0.3) is 11.0 Å². The Morgan fingerprint density at radius 3 is 2.34 bits per heavy atom. The normalized spacial score (nSPS) is 16.1. The molecular formula is C21H22ClF4N3. The lowest BCUT2D eigenvalue weighted by atomic mass is 10.0. The van der Waals surface area contributed by atoms with Gasteiger partial charge in [0.05, 0.1) is 11.0 Å². The van der Waals surface area contributed by atoms with Crippen molar-refractivity contribution in [1.29, 1.82) is 0 Å². The second-order valence-electron chi connectivity index (χ2n) is 7.32. The van der Waals surface area contributed by atoms with Crippen LogP contribution in [-0.4, -0.2) is 33.7 Å². The number of piperidine rings is 1. The maximum atomic E-state index is 13.5. The average molecular weight is 428 g/mol. The summed E-state index contributed by atoms with van der Waals surface area (Å²) in [6, 6.07) is 14.1. The molecule has 4 rings (SSSR count). The van der Waals surface area contributed by atoms with Crippen molar-refractivity contribution < 1.29 is 17.6 Å². The summed E-state index contributed by atoms with van der Waals surface area (Å²) in [4.78, 5) is 6.42. The summed E-state index contributed by atoms with van der Waals surface area (Å²) in [7, 11) is 0. The van der Waals surface area contributed by atoms with Gasteiger partial charge in [-0.15, -0.1) is 12.4 Å². The Kier molecular flexibility index (Phi) is 6.49. The van der Waals surface area contributed by atoms with Crippen molar-refractivity contribution in [3.63, 3.8) is 0 Å². The quantitative estimate of drug-likeness (QED) is 0.510. The first-order chi connectivity index (χ1) is 13.4. The van der Waals surface area contributed by atoms with Crippen molar-refractivity contribution in [2.75, 3.05) is 13.1 Å². The van der Waals surface area contributed by atoms with Crippen LogP contribution in [0.15, 0.2) is 48.5 Å². The van der Waals surface area contributed by atoms with Crippen molar-refractivity contribution in [3.05, 3.63) is 65.7 Å². The van der Waals surface area contributed by atoms with Crippen molar-refractivity contribution in [2.24, 2.45) is 0 Å². The summed E-state index contributed by atoms with van der Waals surface area (Å²) in [5, 5.41) is 0. The van der Waals surface area contributed by atoms with E-state index in [0.29, 0.717) is 5.52 Å². The average Bonchev–Trinajstić information content (AvgIpc) is 2.98. The van der Waals surface area contributed by atoms with Crippen LogP contribution in [0.4, 0.5) is 17.6 Å². The van der Waals surface area contributed by atoms with E-state index in [0.717, 1.165) is 32.5 Å². The first-order valence-electron chi connectivity index (χ1n) is 9.38. The van der Waals surface area contributed by atoms with E-state index >= 15 is 0 Å². The Bertz CT molecular complexity index is 948. The van der Waals surface area contributed by atoms with Gasteiger partial charge < -0.3 is 4.57 Å². The zero-order valence-electron chi connectivity index (χ0n) is 15.7. The van der Waals surface area contributed by atoms with E-state index in [1.54, 1.807) is 4.57 Å². The maximum absolute atomic E-state index is 13.5. The number of aromatic nitrogens is 2. The third-order valence-corrected chi connectivity index (χ3v) is 5.25. The predicted octanol–water partition coefficient (Wildman–Crippen LogP) is 5.54. The molecule has 1 aliphatic rings. The molecule has 1 aliphatic heterocycles. The van der Waals surface area contributed by atoms with Crippen LogP contribution in [0, 0.1) is 5.82 Å². The fourth-order valence-electron chi connectivity index (χ4n) is 4.01.